The van der Waals surface area contributed by atoms with Gasteiger partial charge in [0.25, 0.3) is 0 Å². The molecule has 5 N–H and O–H groups in total. The average molecular weight is 1000 g/mol. The van der Waals surface area contributed by atoms with Gasteiger partial charge in [0.1, 0.15) is 12.2 Å². The zero-order valence-corrected chi connectivity index (χ0v) is 48.0. The number of amides is 1. The number of allylic oxidation sites excluding steroid dienone is 4. The Labute approximate surface area is 444 Å². The standard InChI is InChI=1S/C65H127NO5/c1-3-5-7-9-11-13-15-17-19-21-23-25-27-29-31-32-33-35-36-38-40-42-44-46-48-50-52-54-56-58-62(68)64(70)61(60-67)66-65(71)63(69)59-57-55-53-51-49-47-45-43-41-39-37-34-30-28-26-24-22-20-18-16-14-12-10-8-6-4-2/h30,34,50,52,61-64,67-70H,3-29,31-33,35-49,51,53-60H2,1-2H3,(H,66,71)/b34-30-,52-50+. The molecule has 0 saturated carbocycles. The summed E-state index contributed by atoms with van der Waals surface area (Å²) in [6.45, 7) is 4.09. The van der Waals surface area contributed by atoms with Crippen molar-refractivity contribution < 1.29 is 25.2 Å². The zero-order chi connectivity index (χ0) is 51.6. The molecule has 0 heterocycles. The van der Waals surface area contributed by atoms with Crippen LogP contribution in [0.25, 0.3) is 0 Å². The van der Waals surface area contributed by atoms with Gasteiger partial charge in [-0.2, -0.15) is 0 Å². The molecule has 422 valence electrons. The van der Waals surface area contributed by atoms with Gasteiger partial charge in [0, 0.05) is 0 Å². The molecule has 71 heavy (non-hydrogen) atoms. The molecule has 4 unspecified atom stereocenters. The molecule has 0 aromatic heterocycles. The Morgan fingerprint density at radius 1 is 0.338 bits per heavy atom. The van der Waals surface area contributed by atoms with E-state index in [1.165, 1.54) is 289 Å². The molecule has 0 rings (SSSR count). The lowest BCUT2D eigenvalue weighted by molar-refractivity contribution is -0.132. The molecule has 0 radical (unpaired) electrons. The number of aliphatic hydroxyl groups excluding tert-OH is 4. The van der Waals surface area contributed by atoms with Crippen molar-refractivity contribution in [1.29, 1.82) is 0 Å². The summed E-state index contributed by atoms with van der Waals surface area (Å²) in [5, 5.41) is 44.1. The van der Waals surface area contributed by atoms with Crippen molar-refractivity contribution in [2.45, 2.75) is 379 Å². The van der Waals surface area contributed by atoms with Crippen LogP contribution in [0.4, 0.5) is 0 Å². The first kappa shape index (κ1) is 69.8. The van der Waals surface area contributed by atoms with Crippen LogP contribution in [0.1, 0.15) is 354 Å². The molecule has 0 aromatic carbocycles. The predicted molar refractivity (Wildman–Crippen MR) is 311 cm³/mol. The van der Waals surface area contributed by atoms with E-state index in [1.54, 1.807) is 0 Å². The molecule has 0 aromatic rings. The smallest absolute Gasteiger partial charge is 0.249 e. The van der Waals surface area contributed by atoms with Gasteiger partial charge in [-0.25, -0.2) is 0 Å². The quantitative estimate of drug-likeness (QED) is 0.0308. The molecular weight excluding hydrogens is 875 g/mol. The third-order valence-corrected chi connectivity index (χ3v) is 15.4. The number of carbonyl (C=O) groups is 1. The van der Waals surface area contributed by atoms with E-state index in [2.05, 4.69) is 43.5 Å². The molecule has 0 aliphatic carbocycles. The Balaban J connectivity index is 3.60. The SMILES string of the molecule is CCCCCCCCCCCCCC/C=C\CCCCCCCCCCCCC(O)C(=O)NC(CO)C(O)C(O)CCC/C=C/CCCCCCCCCCCCCCCCCCCCCCCCCC. The van der Waals surface area contributed by atoms with Crippen molar-refractivity contribution >= 4 is 5.91 Å². The van der Waals surface area contributed by atoms with Crippen molar-refractivity contribution in [2.24, 2.45) is 0 Å². The fourth-order valence-corrected chi connectivity index (χ4v) is 10.3. The number of aliphatic hydroxyl groups is 4. The molecule has 0 saturated heterocycles. The molecular formula is C65H127NO5. The van der Waals surface area contributed by atoms with Crippen molar-refractivity contribution in [3.05, 3.63) is 24.3 Å². The summed E-state index contributed by atoms with van der Waals surface area (Å²) in [5.74, 6) is -0.589. The number of hydrogen-bond acceptors (Lipinski definition) is 5. The first-order chi connectivity index (χ1) is 35.0. The van der Waals surface area contributed by atoms with Crippen LogP contribution < -0.4 is 5.32 Å². The summed E-state index contributed by atoms with van der Waals surface area (Å²) >= 11 is 0. The molecule has 4 atom stereocenters. The minimum Gasteiger partial charge on any atom is -0.394 e. The summed E-state index contributed by atoms with van der Waals surface area (Å²) in [7, 11) is 0. The van der Waals surface area contributed by atoms with Crippen LogP contribution in [0.5, 0.6) is 0 Å². The highest BCUT2D eigenvalue weighted by atomic mass is 16.3. The molecule has 6 nitrogen and oxygen atoms in total. The third-order valence-electron chi connectivity index (χ3n) is 15.4. The van der Waals surface area contributed by atoms with E-state index in [4.69, 9.17) is 0 Å². The minimum absolute atomic E-state index is 0.364. The Morgan fingerprint density at radius 2 is 0.577 bits per heavy atom. The van der Waals surface area contributed by atoms with Crippen LogP contribution in [0, 0.1) is 0 Å². The van der Waals surface area contributed by atoms with E-state index in [0.717, 1.165) is 38.5 Å². The summed E-state index contributed by atoms with van der Waals surface area (Å²) in [6, 6.07) is -1.00. The van der Waals surface area contributed by atoms with Crippen molar-refractivity contribution in [3.63, 3.8) is 0 Å². The maximum absolute atomic E-state index is 12.6. The zero-order valence-electron chi connectivity index (χ0n) is 48.0. The lowest BCUT2D eigenvalue weighted by Crippen LogP contribution is -2.53. The van der Waals surface area contributed by atoms with E-state index in [0.29, 0.717) is 12.8 Å². The molecule has 0 bridgehead atoms. The largest absolute Gasteiger partial charge is 0.394 e. The third kappa shape index (κ3) is 53.4. The first-order valence-corrected chi connectivity index (χ1v) is 32.2. The van der Waals surface area contributed by atoms with Crippen molar-refractivity contribution in [3.8, 4) is 0 Å². The van der Waals surface area contributed by atoms with Gasteiger partial charge in [-0.3, -0.25) is 4.79 Å². The average Bonchev–Trinajstić information content (AvgIpc) is 3.38. The van der Waals surface area contributed by atoms with Gasteiger partial charge in [-0.15, -0.1) is 0 Å². The minimum atomic E-state index is -1.28. The summed E-state index contributed by atoms with van der Waals surface area (Å²) in [5.41, 5.74) is 0. The highest BCUT2D eigenvalue weighted by Gasteiger charge is 2.28. The lowest BCUT2D eigenvalue weighted by atomic mass is 10.00. The molecule has 0 aliphatic heterocycles. The van der Waals surface area contributed by atoms with Crippen molar-refractivity contribution in [1.82, 2.24) is 5.32 Å². The van der Waals surface area contributed by atoms with Gasteiger partial charge in [0.2, 0.25) is 5.91 Å². The molecule has 0 aliphatic rings. The van der Waals surface area contributed by atoms with E-state index >= 15 is 0 Å². The number of nitrogens with one attached hydrogen (secondary N) is 1. The molecule has 6 heteroatoms. The monoisotopic (exact) mass is 1000 g/mol. The molecule has 0 fully saturated rings. The first-order valence-electron chi connectivity index (χ1n) is 32.2. The second kappa shape index (κ2) is 59.7. The van der Waals surface area contributed by atoms with Gasteiger partial charge in [0.05, 0.1) is 18.8 Å². The second-order valence-corrected chi connectivity index (χ2v) is 22.5. The molecule has 1 amide bonds. The van der Waals surface area contributed by atoms with E-state index in [-0.39, 0.29) is 0 Å². The summed E-state index contributed by atoms with van der Waals surface area (Å²) in [4.78, 5) is 12.6. The number of unbranched alkanes of at least 4 members (excludes halogenated alkanes) is 47. The van der Waals surface area contributed by atoms with E-state index < -0.39 is 36.9 Å². The van der Waals surface area contributed by atoms with Gasteiger partial charge in [0.15, 0.2) is 0 Å². The maximum Gasteiger partial charge on any atom is 0.249 e. The Morgan fingerprint density at radius 3 is 0.845 bits per heavy atom. The van der Waals surface area contributed by atoms with Gasteiger partial charge in [-0.1, -0.05) is 314 Å². The van der Waals surface area contributed by atoms with Gasteiger partial charge in [-0.05, 0) is 64.2 Å². The Hall–Kier alpha value is -1.21. The lowest BCUT2D eigenvalue weighted by Gasteiger charge is -2.27. The van der Waals surface area contributed by atoms with E-state index in [9.17, 15) is 25.2 Å². The highest BCUT2D eigenvalue weighted by Crippen LogP contribution is 2.19. The molecule has 0 spiro atoms. The maximum atomic E-state index is 12.6. The highest BCUT2D eigenvalue weighted by molar-refractivity contribution is 5.80. The second-order valence-electron chi connectivity index (χ2n) is 22.5. The van der Waals surface area contributed by atoms with Crippen LogP contribution in [0.2, 0.25) is 0 Å². The number of hydrogen-bond donors (Lipinski definition) is 5. The normalized spacial score (nSPS) is 13.7. The topological polar surface area (TPSA) is 110 Å². The van der Waals surface area contributed by atoms with Crippen LogP contribution >= 0.6 is 0 Å². The summed E-state index contributed by atoms with van der Waals surface area (Å²) in [6.07, 6.45) is 74.3. The van der Waals surface area contributed by atoms with Gasteiger partial charge < -0.3 is 25.7 Å². The van der Waals surface area contributed by atoms with Crippen LogP contribution in [0.15, 0.2) is 24.3 Å². The summed E-state index contributed by atoms with van der Waals surface area (Å²) < 4.78 is 0. The van der Waals surface area contributed by atoms with E-state index in [1.807, 2.05) is 0 Å². The number of carbonyl (C=O) groups excluding carboxylic acids is 1. The van der Waals surface area contributed by atoms with Crippen LogP contribution in [-0.4, -0.2) is 57.3 Å². The van der Waals surface area contributed by atoms with Crippen molar-refractivity contribution in [2.75, 3.05) is 6.61 Å². The fourth-order valence-electron chi connectivity index (χ4n) is 10.3. The number of rotatable bonds is 60. The Bertz CT molecular complexity index is 1080. The fraction of sp³-hybridized carbons (Fsp3) is 0.923. The Kier molecular flexibility index (Phi) is 58.6. The van der Waals surface area contributed by atoms with Gasteiger partial charge >= 0.3 is 0 Å². The van der Waals surface area contributed by atoms with Crippen LogP contribution in [0.3, 0.4) is 0 Å². The predicted octanol–water partition coefficient (Wildman–Crippen LogP) is 19.4. The van der Waals surface area contributed by atoms with Crippen LogP contribution in [-0.2, 0) is 4.79 Å².